The summed E-state index contributed by atoms with van der Waals surface area (Å²) >= 11 is 1.63. The van der Waals surface area contributed by atoms with E-state index in [4.69, 9.17) is 5.53 Å². The normalized spacial score (nSPS) is 10.5. The van der Waals surface area contributed by atoms with E-state index in [0.29, 0.717) is 12.5 Å². The smallest absolute Gasteiger partial charge is 0.106 e. The summed E-state index contributed by atoms with van der Waals surface area (Å²) < 4.78 is 0. The first-order valence-electron chi connectivity index (χ1n) is 5.36. The summed E-state index contributed by atoms with van der Waals surface area (Å²) in [5, 5.41) is 13.0. The number of aromatic amines is 1. The molecule has 0 aliphatic carbocycles. The molecule has 2 rings (SSSR count). The van der Waals surface area contributed by atoms with Gasteiger partial charge in [-0.2, -0.15) is 5.10 Å². The predicted molar refractivity (Wildman–Crippen MR) is 68.8 cm³/mol. The van der Waals surface area contributed by atoms with Crippen LogP contribution in [0.5, 0.6) is 0 Å². The van der Waals surface area contributed by atoms with E-state index in [2.05, 4.69) is 34.1 Å². The van der Waals surface area contributed by atoms with Crippen molar-refractivity contribution in [3.63, 3.8) is 0 Å². The molecule has 6 heteroatoms. The van der Waals surface area contributed by atoms with Crippen molar-refractivity contribution in [1.29, 1.82) is 0 Å². The molecule has 0 saturated heterocycles. The largest absolute Gasteiger partial charge is 0.281 e. The van der Waals surface area contributed by atoms with Crippen LogP contribution in [0.15, 0.2) is 22.6 Å². The van der Waals surface area contributed by atoms with Crippen molar-refractivity contribution in [2.45, 2.75) is 26.3 Å². The molecule has 1 N–H and O–H groups in total. The van der Waals surface area contributed by atoms with Gasteiger partial charge in [-0.1, -0.05) is 25.0 Å². The lowest BCUT2D eigenvalue weighted by atomic mass is 10.0. The van der Waals surface area contributed by atoms with Gasteiger partial charge in [0.1, 0.15) is 5.69 Å². The number of H-pyrrole nitrogens is 1. The number of rotatable bonds is 4. The Morgan fingerprint density at radius 1 is 1.59 bits per heavy atom. The molecule has 0 radical (unpaired) electrons. The molecule has 2 aromatic rings. The molecule has 0 aromatic carbocycles. The summed E-state index contributed by atoms with van der Waals surface area (Å²) in [6, 6.07) is 4.01. The highest BCUT2D eigenvalue weighted by Gasteiger charge is 2.16. The molecule has 0 unspecified atom stereocenters. The maximum Gasteiger partial charge on any atom is 0.106 e. The van der Waals surface area contributed by atoms with Crippen molar-refractivity contribution >= 4 is 11.3 Å². The highest BCUT2D eigenvalue weighted by Crippen LogP contribution is 2.31. The molecular weight excluding hydrogens is 234 g/mol. The standard InChI is InChI=1S/C11H13N5S/c1-7(2)10-8(6-13-16-12)11(15-14-10)9-4-3-5-17-9/h3-5,7H,6H2,1-2H3,(H,14,15). The topological polar surface area (TPSA) is 77.4 Å². The molecule has 0 aliphatic rings. The van der Waals surface area contributed by atoms with Gasteiger partial charge in [-0.05, 0) is 22.9 Å². The maximum atomic E-state index is 8.45. The highest BCUT2D eigenvalue weighted by molar-refractivity contribution is 7.13. The third-order valence-corrected chi connectivity index (χ3v) is 3.40. The SMILES string of the molecule is CC(C)c1[nH]nc(-c2cccs2)c1CN=[N+]=[N-]. The molecule has 2 heterocycles. The Morgan fingerprint density at radius 2 is 2.41 bits per heavy atom. The number of azide groups is 1. The van der Waals surface area contributed by atoms with Gasteiger partial charge in [-0.15, -0.1) is 11.3 Å². The molecule has 5 nitrogen and oxygen atoms in total. The van der Waals surface area contributed by atoms with Gasteiger partial charge >= 0.3 is 0 Å². The minimum atomic E-state index is 0.333. The van der Waals surface area contributed by atoms with Gasteiger partial charge in [-0.3, -0.25) is 5.10 Å². The van der Waals surface area contributed by atoms with Crippen molar-refractivity contribution in [3.8, 4) is 10.6 Å². The van der Waals surface area contributed by atoms with Crippen LogP contribution in [0.2, 0.25) is 0 Å². The second-order valence-corrected chi connectivity index (χ2v) is 4.93. The Labute approximate surface area is 103 Å². The average Bonchev–Trinajstić information content (AvgIpc) is 2.94. The molecule has 0 atom stereocenters. The van der Waals surface area contributed by atoms with Gasteiger partial charge < -0.3 is 0 Å². The van der Waals surface area contributed by atoms with E-state index in [1.807, 2.05) is 17.5 Å². The zero-order valence-corrected chi connectivity index (χ0v) is 10.5. The van der Waals surface area contributed by atoms with Crippen LogP contribution < -0.4 is 0 Å². The number of thiophene rings is 1. The monoisotopic (exact) mass is 247 g/mol. The lowest BCUT2D eigenvalue weighted by Gasteiger charge is -2.04. The predicted octanol–water partition coefficient (Wildman–Crippen LogP) is 4.07. The number of nitrogens with one attached hydrogen (secondary N) is 1. The van der Waals surface area contributed by atoms with Crippen LogP contribution in [0.4, 0.5) is 0 Å². The van der Waals surface area contributed by atoms with Crippen LogP contribution in [0.1, 0.15) is 31.0 Å². The number of aromatic nitrogens is 2. The van der Waals surface area contributed by atoms with Crippen molar-refractivity contribution in [2.75, 3.05) is 0 Å². The minimum absolute atomic E-state index is 0.333. The Balaban J connectivity index is 2.48. The van der Waals surface area contributed by atoms with Crippen LogP contribution >= 0.6 is 11.3 Å². The zero-order chi connectivity index (χ0) is 12.3. The van der Waals surface area contributed by atoms with E-state index in [0.717, 1.165) is 21.8 Å². The Hall–Kier alpha value is -1.78. The second-order valence-electron chi connectivity index (χ2n) is 3.99. The summed E-state index contributed by atoms with van der Waals surface area (Å²) in [4.78, 5) is 3.91. The van der Waals surface area contributed by atoms with Crippen LogP contribution in [-0.2, 0) is 6.54 Å². The van der Waals surface area contributed by atoms with Crippen LogP contribution in [-0.4, -0.2) is 10.2 Å². The molecule has 0 amide bonds. The molecule has 0 fully saturated rings. The van der Waals surface area contributed by atoms with Crippen LogP contribution in [0, 0.1) is 0 Å². The fraction of sp³-hybridized carbons (Fsp3) is 0.364. The van der Waals surface area contributed by atoms with Crippen LogP contribution in [0.3, 0.4) is 0 Å². The fourth-order valence-electron chi connectivity index (χ4n) is 1.74. The molecule has 0 bridgehead atoms. The third kappa shape index (κ3) is 2.33. The molecule has 0 spiro atoms. The molecular formula is C11H13N5S. The highest BCUT2D eigenvalue weighted by atomic mass is 32.1. The Morgan fingerprint density at radius 3 is 3.00 bits per heavy atom. The fourth-order valence-corrected chi connectivity index (χ4v) is 2.48. The summed E-state index contributed by atoms with van der Waals surface area (Å²) in [5.74, 6) is 0.333. The number of nitrogens with zero attached hydrogens (tertiary/aromatic N) is 4. The number of hydrogen-bond donors (Lipinski definition) is 1. The van der Waals surface area contributed by atoms with Crippen molar-refractivity contribution in [3.05, 3.63) is 39.2 Å². The van der Waals surface area contributed by atoms with E-state index < -0.39 is 0 Å². The summed E-state index contributed by atoms with van der Waals surface area (Å²) in [5.41, 5.74) is 11.4. The quantitative estimate of drug-likeness (QED) is 0.493. The van der Waals surface area contributed by atoms with Crippen LogP contribution in [0.25, 0.3) is 21.0 Å². The molecule has 0 aliphatic heterocycles. The Kier molecular flexibility index (Phi) is 3.46. The summed E-state index contributed by atoms with van der Waals surface area (Å²) in [6.45, 7) is 4.52. The van der Waals surface area contributed by atoms with E-state index in [1.54, 1.807) is 11.3 Å². The zero-order valence-electron chi connectivity index (χ0n) is 9.71. The van der Waals surface area contributed by atoms with Gasteiger partial charge in [0.15, 0.2) is 0 Å². The minimum Gasteiger partial charge on any atom is -0.281 e. The van der Waals surface area contributed by atoms with E-state index in [-0.39, 0.29) is 0 Å². The average molecular weight is 247 g/mol. The van der Waals surface area contributed by atoms with Gasteiger partial charge in [0.2, 0.25) is 0 Å². The first kappa shape index (κ1) is 11.7. The van der Waals surface area contributed by atoms with Crippen molar-refractivity contribution in [2.24, 2.45) is 5.11 Å². The molecule has 17 heavy (non-hydrogen) atoms. The van der Waals surface area contributed by atoms with E-state index >= 15 is 0 Å². The first-order chi connectivity index (χ1) is 8.24. The van der Waals surface area contributed by atoms with Crippen molar-refractivity contribution in [1.82, 2.24) is 10.2 Å². The summed E-state index contributed by atoms with van der Waals surface area (Å²) in [7, 11) is 0. The van der Waals surface area contributed by atoms with Gasteiger partial charge in [0, 0.05) is 16.2 Å². The molecule has 2 aromatic heterocycles. The molecule has 0 saturated carbocycles. The van der Waals surface area contributed by atoms with Gasteiger partial charge in [-0.25, -0.2) is 0 Å². The lowest BCUT2D eigenvalue weighted by molar-refractivity contribution is 0.794. The van der Waals surface area contributed by atoms with Gasteiger partial charge in [0.25, 0.3) is 0 Å². The lowest BCUT2D eigenvalue weighted by Crippen LogP contribution is -1.93. The van der Waals surface area contributed by atoms with E-state index in [9.17, 15) is 0 Å². The maximum absolute atomic E-state index is 8.45. The van der Waals surface area contributed by atoms with E-state index in [1.165, 1.54) is 0 Å². The third-order valence-electron chi connectivity index (χ3n) is 2.52. The number of hydrogen-bond acceptors (Lipinski definition) is 3. The first-order valence-corrected chi connectivity index (χ1v) is 6.24. The van der Waals surface area contributed by atoms with Gasteiger partial charge in [0.05, 0.1) is 11.4 Å². The second kappa shape index (κ2) is 5.03. The van der Waals surface area contributed by atoms with Crippen molar-refractivity contribution < 1.29 is 0 Å². The molecule has 88 valence electrons. The summed E-state index contributed by atoms with van der Waals surface area (Å²) in [6.07, 6.45) is 0. The Bertz CT molecular complexity index is 534.